The monoisotopic (exact) mass is 298 g/mol. The fourth-order valence-electron chi connectivity index (χ4n) is 2.50. The first-order chi connectivity index (χ1) is 9.76. The molecule has 1 N–H and O–H groups in total. The fraction of sp³-hybridized carbons (Fsp3) is 0.600. The standard InChI is InChI=1S/C15H22O6/c1-6-8-9(3)12-15(18,7-2)13(19-10(4)16)14(21-12)20-11(5)17/h6-7,9,12-14,18H,1-2,8H2,3-5H3/t9-,12+,13+,14?,15-/m1/s1. The predicted octanol–water partition coefficient (Wildman–Crippen LogP) is 1.34. The van der Waals surface area contributed by atoms with Crippen LogP contribution in [0.2, 0.25) is 0 Å². The van der Waals surface area contributed by atoms with Gasteiger partial charge in [0.2, 0.25) is 6.29 Å². The van der Waals surface area contributed by atoms with Crippen LogP contribution in [0.25, 0.3) is 0 Å². The normalized spacial score (nSPS) is 33.0. The highest BCUT2D eigenvalue weighted by Gasteiger charge is 2.59. The second-order valence-electron chi connectivity index (χ2n) is 5.16. The third-order valence-electron chi connectivity index (χ3n) is 3.40. The van der Waals surface area contributed by atoms with E-state index in [9.17, 15) is 14.7 Å². The van der Waals surface area contributed by atoms with Crippen LogP contribution in [-0.4, -0.2) is 41.1 Å². The van der Waals surface area contributed by atoms with Crippen molar-refractivity contribution in [1.82, 2.24) is 0 Å². The Balaban J connectivity index is 3.12. The lowest BCUT2D eigenvalue weighted by atomic mass is 9.84. The maximum absolute atomic E-state index is 11.3. The summed E-state index contributed by atoms with van der Waals surface area (Å²) >= 11 is 0. The molecule has 1 aliphatic heterocycles. The van der Waals surface area contributed by atoms with Crippen molar-refractivity contribution in [2.24, 2.45) is 5.92 Å². The van der Waals surface area contributed by atoms with Crippen LogP contribution in [0.5, 0.6) is 0 Å². The van der Waals surface area contributed by atoms with Crippen LogP contribution in [-0.2, 0) is 23.8 Å². The second kappa shape index (κ2) is 6.87. The summed E-state index contributed by atoms with van der Waals surface area (Å²) in [5.41, 5.74) is -1.64. The smallest absolute Gasteiger partial charge is 0.305 e. The van der Waals surface area contributed by atoms with E-state index in [1.54, 1.807) is 6.08 Å². The van der Waals surface area contributed by atoms with Crippen LogP contribution in [0.1, 0.15) is 27.2 Å². The van der Waals surface area contributed by atoms with E-state index in [1.165, 1.54) is 19.9 Å². The van der Waals surface area contributed by atoms with Gasteiger partial charge < -0.3 is 19.3 Å². The van der Waals surface area contributed by atoms with Gasteiger partial charge in [0.15, 0.2) is 11.7 Å². The number of esters is 2. The number of carbonyl (C=O) groups is 2. The van der Waals surface area contributed by atoms with Crippen LogP contribution in [0, 0.1) is 5.92 Å². The first-order valence-electron chi connectivity index (χ1n) is 6.73. The van der Waals surface area contributed by atoms with Gasteiger partial charge in [0.1, 0.15) is 6.10 Å². The topological polar surface area (TPSA) is 82.1 Å². The summed E-state index contributed by atoms with van der Waals surface area (Å²) in [7, 11) is 0. The van der Waals surface area contributed by atoms with E-state index in [-0.39, 0.29) is 5.92 Å². The van der Waals surface area contributed by atoms with Crippen molar-refractivity contribution in [2.75, 3.05) is 0 Å². The van der Waals surface area contributed by atoms with E-state index >= 15 is 0 Å². The highest BCUT2D eigenvalue weighted by molar-refractivity contribution is 5.67. The molecule has 6 nitrogen and oxygen atoms in total. The van der Waals surface area contributed by atoms with Crippen LogP contribution >= 0.6 is 0 Å². The van der Waals surface area contributed by atoms with Crippen molar-refractivity contribution in [3.63, 3.8) is 0 Å². The minimum atomic E-state index is -1.64. The molecule has 1 unspecified atom stereocenters. The summed E-state index contributed by atoms with van der Waals surface area (Å²) < 4.78 is 15.7. The number of rotatable bonds is 6. The molecule has 0 radical (unpaired) electrons. The largest absolute Gasteiger partial charge is 0.452 e. The lowest BCUT2D eigenvalue weighted by Crippen LogP contribution is -2.50. The van der Waals surface area contributed by atoms with Gasteiger partial charge in [0.25, 0.3) is 0 Å². The Morgan fingerprint density at radius 3 is 2.33 bits per heavy atom. The van der Waals surface area contributed by atoms with E-state index in [0.29, 0.717) is 6.42 Å². The Bertz CT molecular complexity index is 432. The number of allylic oxidation sites excluding steroid dienone is 1. The minimum absolute atomic E-state index is 0.135. The summed E-state index contributed by atoms with van der Waals surface area (Å²) in [6, 6.07) is 0. The molecular weight excluding hydrogens is 276 g/mol. The molecule has 1 aliphatic rings. The molecule has 0 amide bonds. The third kappa shape index (κ3) is 3.71. The highest BCUT2D eigenvalue weighted by Crippen LogP contribution is 2.39. The van der Waals surface area contributed by atoms with Gasteiger partial charge in [-0.15, -0.1) is 6.58 Å². The summed E-state index contributed by atoms with van der Waals surface area (Å²) in [5, 5.41) is 10.8. The minimum Gasteiger partial charge on any atom is -0.452 e. The molecule has 6 heteroatoms. The molecule has 1 rings (SSSR count). The molecule has 118 valence electrons. The number of aliphatic hydroxyl groups is 1. The number of hydrogen-bond acceptors (Lipinski definition) is 6. The zero-order valence-electron chi connectivity index (χ0n) is 12.6. The first-order valence-corrected chi connectivity index (χ1v) is 6.73. The van der Waals surface area contributed by atoms with Crippen molar-refractivity contribution >= 4 is 11.9 Å². The van der Waals surface area contributed by atoms with E-state index in [1.807, 2.05) is 6.92 Å². The molecule has 0 aromatic carbocycles. The van der Waals surface area contributed by atoms with Gasteiger partial charge in [-0.25, -0.2) is 0 Å². The molecule has 0 aromatic rings. The Morgan fingerprint density at radius 1 is 1.33 bits per heavy atom. The van der Waals surface area contributed by atoms with Gasteiger partial charge in [-0.05, 0) is 12.3 Å². The molecule has 1 fully saturated rings. The number of ether oxygens (including phenoxy) is 3. The zero-order valence-corrected chi connectivity index (χ0v) is 12.6. The second-order valence-corrected chi connectivity index (χ2v) is 5.16. The Morgan fingerprint density at radius 2 is 1.90 bits per heavy atom. The maximum atomic E-state index is 11.3. The van der Waals surface area contributed by atoms with Gasteiger partial charge in [-0.3, -0.25) is 9.59 Å². The molecular formula is C15H22O6. The van der Waals surface area contributed by atoms with Gasteiger partial charge in [0, 0.05) is 13.8 Å². The van der Waals surface area contributed by atoms with Gasteiger partial charge in [-0.1, -0.05) is 25.7 Å². The molecule has 1 saturated heterocycles. The molecule has 0 spiro atoms. The number of carbonyl (C=O) groups excluding carboxylic acids is 2. The molecule has 1 heterocycles. The predicted molar refractivity (Wildman–Crippen MR) is 75.1 cm³/mol. The van der Waals surface area contributed by atoms with E-state index in [2.05, 4.69) is 13.2 Å². The van der Waals surface area contributed by atoms with E-state index in [0.717, 1.165) is 0 Å². The highest BCUT2D eigenvalue weighted by atomic mass is 16.7. The molecule has 21 heavy (non-hydrogen) atoms. The first kappa shape index (κ1) is 17.4. The van der Waals surface area contributed by atoms with Crippen molar-refractivity contribution in [3.8, 4) is 0 Å². The Kier molecular flexibility index (Phi) is 5.69. The Hall–Kier alpha value is -1.66. The van der Waals surface area contributed by atoms with Crippen molar-refractivity contribution in [1.29, 1.82) is 0 Å². The van der Waals surface area contributed by atoms with Crippen LogP contribution < -0.4 is 0 Å². The summed E-state index contributed by atoms with van der Waals surface area (Å²) in [4.78, 5) is 22.4. The van der Waals surface area contributed by atoms with Gasteiger partial charge in [-0.2, -0.15) is 0 Å². The van der Waals surface area contributed by atoms with Gasteiger partial charge in [0.05, 0.1) is 0 Å². The molecule has 0 aromatic heterocycles. The average Bonchev–Trinajstić information content (AvgIpc) is 2.64. The lowest BCUT2D eigenvalue weighted by molar-refractivity contribution is -0.197. The quantitative estimate of drug-likeness (QED) is 0.588. The van der Waals surface area contributed by atoms with E-state index in [4.69, 9.17) is 14.2 Å². The van der Waals surface area contributed by atoms with Crippen LogP contribution in [0.15, 0.2) is 25.3 Å². The number of hydrogen-bond donors (Lipinski definition) is 1. The molecule has 0 aliphatic carbocycles. The zero-order chi connectivity index (χ0) is 16.2. The van der Waals surface area contributed by atoms with Crippen molar-refractivity contribution in [2.45, 2.75) is 51.3 Å². The summed E-state index contributed by atoms with van der Waals surface area (Å²) in [6.45, 7) is 11.5. The molecule has 0 bridgehead atoms. The van der Waals surface area contributed by atoms with Crippen LogP contribution in [0.3, 0.4) is 0 Å². The molecule has 5 atom stereocenters. The lowest BCUT2D eigenvalue weighted by Gasteiger charge is -2.32. The average molecular weight is 298 g/mol. The maximum Gasteiger partial charge on any atom is 0.305 e. The third-order valence-corrected chi connectivity index (χ3v) is 3.40. The fourth-order valence-corrected chi connectivity index (χ4v) is 2.50. The van der Waals surface area contributed by atoms with Crippen molar-refractivity contribution < 1.29 is 28.9 Å². The Labute approximate surface area is 124 Å². The van der Waals surface area contributed by atoms with Crippen molar-refractivity contribution in [3.05, 3.63) is 25.3 Å². The van der Waals surface area contributed by atoms with E-state index < -0.39 is 36.0 Å². The SMILES string of the molecule is C=CC[C@@H](C)[C@@H]1OC(OC(C)=O)[C@H](OC(C)=O)[C@@]1(O)C=C. The summed E-state index contributed by atoms with van der Waals surface area (Å²) in [6.07, 6.45) is 0.453. The summed E-state index contributed by atoms with van der Waals surface area (Å²) in [5.74, 6) is -1.34. The van der Waals surface area contributed by atoms with Crippen LogP contribution in [0.4, 0.5) is 0 Å². The molecule has 0 saturated carbocycles. The van der Waals surface area contributed by atoms with Gasteiger partial charge >= 0.3 is 11.9 Å².